The zero-order valence-corrected chi connectivity index (χ0v) is 10.7. The van der Waals surface area contributed by atoms with Gasteiger partial charge in [-0.15, -0.1) is 0 Å². The van der Waals surface area contributed by atoms with Crippen LogP contribution in [0.5, 0.6) is 0 Å². The highest BCUT2D eigenvalue weighted by Gasteiger charge is 2.12. The van der Waals surface area contributed by atoms with E-state index < -0.39 is 10.8 Å². The van der Waals surface area contributed by atoms with E-state index in [-0.39, 0.29) is 5.75 Å². The highest BCUT2D eigenvalue weighted by atomic mass is 35.5. The lowest BCUT2D eigenvalue weighted by molar-refractivity contribution is 0.675. The molecule has 1 unspecified atom stereocenters. The van der Waals surface area contributed by atoms with Crippen LogP contribution in [0.2, 0.25) is 5.02 Å². The minimum Gasteiger partial charge on any atom is -0.398 e. The first-order valence-corrected chi connectivity index (χ1v) is 6.54. The Bertz CT molecular complexity index is 569. The number of hydrogen-bond acceptors (Lipinski definition) is 4. The molecule has 0 saturated heterocycles. The summed E-state index contributed by atoms with van der Waals surface area (Å²) in [6, 6.07) is 4.93. The molecule has 17 heavy (non-hydrogen) atoms. The molecule has 0 spiro atoms. The molecule has 2 rings (SSSR count). The van der Waals surface area contributed by atoms with Crippen molar-refractivity contribution in [1.29, 1.82) is 0 Å². The van der Waals surface area contributed by atoms with Crippen molar-refractivity contribution in [1.82, 2.24) is 14.8 Å². The largest absolute Gasteiger partial charge is 0.398 e. The van der Waals surface area contributed by atoms with Crippen molar-refractivity contribution >= 4 is 28.1 Å². The molecule has 5 nitrogen and oxygen atoms in total. The van der Waals surface area contributed by atoms with E-state index in [0.717, 1.165) is 0 Å². The molecule has 0 radical (unpaired) electrons. The Morgan fingerprint density at radius 2 is 2.29 bits per heavy atom. The SMILES string of the molecule is Cn1ncnc1CS(=O)c1ccc(Cl)cc1N. The number of nitrogens with zero attached hydrogens (tertiary/aromatic N) is 3. The standard InChI is InChI=1S/C10H11ClN4OS/c1-15-10(13-6-14-15)5-17(16)9-3-2-7(11)4-8(9)12/h2-4,6H,5,12H2,1H3. The molecule has 0 saturated carbocycles. The van der Waals surface area contributed by atoms with Gasteiger partial charge in [0.25, 0.3) is 0 Å². The maximum Gasteiger partial charge on any atom is 0.139 e. The minimum atomic E-state index is -1.25. The van der Waals surface area contributed by atoms with Crippen molar-refractivity contribution < 1.29 is 4.21 Å². The number of halogens is 1. The van der Waals surface area contributed by atoms with E-state index in [1.807, 2.05) is 0 Å². The predicted molar refractivity (Wildman–Crippen MR) is 67.0 cm³/mol. The number of aromatic nitrogens is 3. The number of nitrogen functional groups attached to an aromatic ring is 1. The second kappa shape index (κ2) is 4.85. The molecule has 7 heteroatoms. The second-order valence-corrected chi connectivity index (χ2v) is 5.33. The van der Waals surface area contributed by atoms with Gasteiger partial charge in [0, 0.05) is 17.8 Å². The third kappa shape index (κ3) is 2.65. The van der Waals surface area contributed by atoms with E-state index in [4.69, 9.17) is 17.3 Å². The van der Waals surface area contributed by atoms with Crippen LogP contribution < -0.4 is 5.73 Å². The van der Waals surface area contributed by atoms with Gasteiger partial charge in [-0.05, 0) is 18.2 Å². The van der Waals surface area contributed by atoms with E-state index in [1.165, 1.54) is 6.33 Å². The van der Waals surface area contributed by atoms with Crippen molar-refractivity contribution in [2.75, 3.05) is 5.73 Å². The van der Waals surface area contributed by atoms with Gasteiger partial charge < -0.3 is 5.73 Å². The Morgan fingerprint density at radius 3 is 2.88 bits per heavy atom. The molecule has 2 aromatic rings. The van der Waals surface area contributed by atoms with E-state index in [2.05, 4.69) is 10.1 Å². The van der Waals surface area contributed by atoms with Gasteiger partial charge in [0.1, 0.15) is 12.2 Å². The average molecular weight is 271 g/mol. The number of hydrogen-bond donors (Lipinski definition) is 1. The number of aryl methyl sites for hydroxylation is 1. The third-order valence-corrected chi connectivity index (χ3v) is 3.90. The summed E-state index contributed by atoms with van der Waals surface area (Å²) in [6.45, 7) is 0. The Kier molecular flexibility index (Phi) is 3.44. The van der Waals surface area contributed by atoms with Crippen molar-refractivity contribution in [3.8, 4) is 0 Å². The molecule has 1 atom stereocenters. The summed E-state index contributed by atoms with van der Waals surface area (Å²) in [7, 11) is 0.505. The molecule has 0 bridgehead atoms. The highest BCUT2D eigenvalue weighted by Crippen LogP contribution is 2.22. The molecule has 0 amide bonds. The van der Waals surface area contributed by atoms with E-state index in [1.54, 1.807) is 29.9 Å². The number of benzene rings is 1. The summed E-state index contributed by atoms with van der Waals surface area (Å²) in [4.78, 5) is 4.59. The zero-order valence-electron chi connectivity index (χ0n) is 9.13. The Balaban J connectivity index is 2.23. The number of nitrogens with two attached hydrogens (primary N) is 1. The molecule has 90 valence electrons. The fourth-order valence-electron chi connectivity index (χ4n) is 1.37. The lowest BCUT2D eigenvalue weighted by Crippen LogP contribution is -2.06. The van der Waals surface area contributed by atoms with E-state index in [9.17, 15) is 4.21 Å². The highest BCUT2D eigenvalue weighted by molar-refractivity contribution is 7.84. The van der Waals surface area contributed by atoms with Crippen molar-refractivity contribution in [3.05, 3.63) is 35.4 Å². The lowest BCUT2D eigenvalue weighted by atomic mass is 10.3. The van der Waals surface area contributed by atoms with Crippen LogP contribution in [0.3, 0.4) is 0 Å². The number of anilines is 1. The Labute approximate surface area is 106 Å². The molecule has 2 N–H and O–H groups in total. The summed E-state index contributed by atoms with van der Waals surface area (Å²) in [5.41, 5.74) is 6.20. The summed E-state index contributed by atoms with van der Waals surface area (Å²) in [5.74, 6) is 0.931. The van der Waals surface area contributed by atoms with Gasteiger partial charge >= 0.3 is 0 Å². The zero-order chi connectivity index (χ0) is 12.4. The molecule has 1 heterocycles. The lowest BCUT2D eigenvalue weighted by Gasteiger charge is -2.05. The Morgan fingerprint density at radius 1 is 1.53 bits per heavy atom. The van der Waals surface area contributed by atoms with Crippen molar-refractivity contribution in [2.24, 2.45) is 7.05 Å². The van der Waals surface area contributed by atoms with Crippen molar-refractivity contribution in [3.63, 3.8) is 0 Å². The monoisotopic (exact) mass is 270 g/mol. The average Bonchev–Trinajstić information content (AvgIpc) is 2.64. The van der Waals surface area contributed by atoms with Crippen LogP contribution in [0.15, 0.2) is 29.4 Å². The molecule has 0 aliphatic heterocycles. The summed E-state index contributed by atoms with van der Waals surface area (Å²) < 4.78 is 13.7. The fourth-order valence-corrected chi connectivity index (χ4v) is 2.75. The smallest absolute Gasteiger partial charge is 0.139 e. The fraction of sp³-hybridized carbons (Fsp3) is 0.200. The van der Waals surface area contributed by atoms with Gasteiger partial charge in [0.15, 0.2) is 0 Å². The molecule has 1 aromatic heterocycles. The summed E-state index contributed by atoms with van der Waals surface area (Å²) >= 11 is 5.78. The Hall–Kier alpha value is -1.40. The first-order valence-electron chi connectivity index (χ1n) is 4.84. The molecular weight excluding hydrogens is 260 g/mol. The van der Waals surface area contributed by atoms with Crippen LogP contribution in [0, 0.1) is 0 Å². The van der Waals surface area contributed by atoms with Crippen molar-refractivity contribution in [2.45, 2.75) is 10.6 Å². The quantitative estimate of drug-likeness (QED) is 0.855. The maximum absolute atomic E-state index is 12.1. The topological polar surface area (TPSA) is 73.8 Å². The van der Waals surface area contributed by atoms with Crippen LogP contribution in [-0.2, 0) is 23.6 Å². The van der Waals surface area contributed by atoms with E-state index >= 15 is 0 Å². The third-order valence-electron chi connectivity index (χ3n) is 2.28. The van der Waals surface area contributed by atoms with Gasteiger partial charge in [-0.2, -0.15) is 5.10 Å². The van der Waals surface area contributed by atoms with Gasteiger partial charge in [0.05, 0.1) is 21.4 Å². The maximum atomic E-state index is 12.1. The first kappa shape index (κ1) is 12.1. The second-order valence-electron chi connectivity index (χ2n) is 3.47. The van der Waals surface area contributed by atoms with Crippen LogP contribution in [-0.4, -0.2) is 19.0 Å². The molecule has 0 aliphatic carbocycles. The predicted octanol–water partition coefficient (Wildman–Crippen LogP) is 1.36. The molecule has 1 aromatic carbocycles. The van der Waals surface area contributed by atoms with Gasteiger partial charge in [-0.1, -0.05) is 11.6 Å². The molecular formula is C10H11ClN4OS. The van der Waals surface area contributed by atoms with Crippen LogP contribution in [0.4, 0.5) is 5.69 Å². The summed E-state index contributed by atoms with van der Waals surface area (Å²) in [6.07, 6.45) is 1.43. The summed E-state index contributed by atoms with van der Waals surface area (Å²) in [5, 5.41) is 4.45. The first-order chi connectivity index (χ1) is 8.08. The van der Waals surface area contributed by atoms with Crippen LogP contribution >= 0.6 is 11.6 Å². The van der Waals surface area contributed by atoms with Crippen LogP contribution in [0.25, 0.3) is 0 Å². The minimum absolute atomic E-state index is 0.280. The number of rotatable bonds is 3. The molecule has 0 fully saturated rings. The van der Waals surface area contributed by atoms with Gasteiger partial charge in [-0.3, -0.25) is 8.89 Å². The van der Waals surface area contributed by atoms with E-state index in [0.29, 0.717) is 21.4 Å². The van der Waals surface area contributed by atoms with Crippen LogP contribution in [0.1, 0.15) is 5.82 Å². The van der Waals surface area contributed by atoms with Gasteiger partial charge in [0.2, 0.25) is 0 Å². The molecule has 0 aliphatic rings. The van der Waals surface area contributed by atoms with Gasteiger partial charge in [-0.25, -0.2) is 4.98 Å². The normalized spacial score (nSPS) is 12.6.